The van der Waals surface area contributed by atoms with Gasteiger partial charge in [-0.25, -0.2) is 4.79 Å². The third-order valence-electron chi connectivity index (χ3n) is 6.15. The van der Waals surface area contributed by atoms with Crippen molar-refractivity contribution >= 4 is 23.2 Å². The topological polar surface area (TPSA) is 66.8 Å². The van der Waals surface area contributed by atoms with Crippen LogP contribution in [0.5, 0.6) is 0 Å². The van der Waals surface area contributed by atoms with Crippen molar-refractivity contribution in [1.82, 2.24) is 4.90 Å². The molecule has 0 bridgehead atoms. The van der Waals surface area contributed by atoms with Crippen LogP contribution < -0.4 is 0 Å². The zero-order valence-electron chi connectivity index (χ0n) is 19.5. The van der Waals surface area contributed by atoms with Gasteiger partial charge in [0.05, 0.1) is 19.3 Å². The van der Waals surface area contributed by atoms with Gasteiger partial charge in [0.25, 0.3) is 5.91 Å². The SMILES string of the molecule is COC(=O)c1ccc(CCCN2C(=O)C(F)(F)C[C@@H]2C=CC(O)[C@@H](C)CCc2ccccc2)s1. The lowest BCUT2D eigenvalue weighted by molar-refractivity contribution is -0.148. The average Bonchev–Trinajstić information content (AvgIpc) is 3.39. The smallest absolute Gasteiger partial charge is 0.348 e. The van der Waals surface area contributed by atoms with Crippen LogP contribution in [0.1, 0.15) is 46.3 Å². The molecule has 0 radical (unpaired) electrons. The fourth-order valence-corrected chi connectivity index (χ4v) is 5.02. The molecule has 1 aromatic heterocycles. The second-order valence-corrected chi connectivity index (χ2v) is 9.88. The van der Waals surface area contributed by atoms with Crippen molar-refractivity contribution in [2.75, 3.05) is 13.7 Å². The van der Waals surface area contributed by atoms with Gasteiger partial charge in [0.2, 0.25) is 0 Å². The lowest BCUT2D eigenvalue weighted by Crippen LogP contribution is -2.36. The van der Waals surface area contributed by atoms with Crippen LogP contribution in [0.15, 0.2) is 54.6 Å². The largest absolute Gasteiger partial charge is 0.465 e. The first kappa shape index (κ1) is 26.0. The van der Waals surface area contributed by atoms with Crippen molar-refractivity contribution in [2.24, 2.45) is 5.92 Å². The molecule has 34 heavy (non-hydrogen) atoms. The second-order valence-electron chi connectivity index (χ2n) is 8.71. The Kier molecular flexibility index (Phi) is 8.97. The number of aliphatic hydroxyl groups excluding tert-OH is 1. The normalized spacial score (nSPS) is 19.5. The molecule has 5 nitrogen and oxygen atoms in total. The van der Waals surface area contributed by atoms with Crippen LogP contribution in [0.3, 0.4) is 0 Å². The lowest BCUT2D eigenvalue weighted by Gasteiger charge is -2.22. The van der Waals surface area contributed by atoms with Crippen molar-refractivity contribution < 1.29 is 28.2 Å². The first-order chi connectivity index (χ1) is 16.2. The number of nitrogens with zero attached hydrogens (tertiary/aromatic N) is 1. The third kappa shape index (κ3) is 6.73. The van der Waals surface area contributed by atoms with E-state index in [0.29, 0.717) is 17.7 Å². The number of methoxy groups -OCH3 is 1. The molecule has 1 saturated heterocycles. The minimum absolute atomic E-state index is 0.0506. The van der Waals surface area contributed by atoms with Crippen LogP contribution in [-0.2, 0) is 22.4 Å². The molecule has 3 rings (SSSR count). The molecule has 1 unspecified atom stereocenters. The summed E-state index contributed by atoms with van der Waals surface area (Å²) in [6.07, 6.45) is 4.35. The summed E-state index contributed by atoms with van der Waals surface area (Å²) in [5.74, 6) is -5.03. The van der Waals surface area contributed by atoms with Crippen LogP contribution in [-0.4, -0.2) is 53.6 Å². The van der Waals surface area contributed by atoms with Gasteiger partial charge in [-0.2, -0.15) is 8.78 Å². The van der Waals surface area contributed by atoms with Crippen molar-refractivity contribution in [3.05, 3.63) is 69.9 Å². The standard InChI is InChI=1S/C26H31F2NO4S/c1-18(10-11-19-7-4-3-5-8-19)22(30)14-12-20-17-26(27,28)25(32)29(20)16-6-9-21-13-15-23(34-21)24(31)33-2/h3-5,7-8,12-15,18,20,22,30H,6,9-11,16-17H2,1-2H3/t18-,20-,22?/m0/s1. The van der Waals surface area contributed by atoms with Crippen molar-refractivity contribution in [3.8, 4) is 0 Å². The van der Waals surface area contributed by atoms with Crippen LogP contribution in [0, 0.1) is 5.92 Å². The predicted molar refractivity (Wildman–Crippen MR) is 128 cm³/mol. The Bertz CT molecular complexity index is 992. The van der Waals surface area contributed by atoms with E-state index in [4.69, 9.17) is 4.74 Å². The van der Waals surface area contributed by atoms with Gasteiger partial charge < -0.3 is 14.7 Å². The molecule has 3 atom stereocenters. The van der Waals surface area contributed by atoms with E-state index < -0.39 is 36.4 Å². The van der Waals surface area contributed by atoms with E-state index in [9.17, 15) is 23.5 Å². The Morgan fingerprint density at radius 1 is 1.26 bits per heavy atom. The van der Waals surface area contributed by atoms with Crippen LogP contribution in [0.2, 0.25) is 0 Å². The van der Waals surface area contributed by atoms with Gasteiger partial charge in [-0.05, 0) is 49.3 Å². The fourth-order valence-electron chi connectivity index (χ4n) is 4.05. The van der Waals surface area contributed by atoms with Gasteiger partial charge in [-0.1, -0.05) is 49.4 Å². The average molecular weight is 492 g/mol. The Morgan fingerprint density at radius 2 is 2.00 bits per heavy atom. The predicted octanol–water partition coefficient (Wildman–Crippen LogP) is 4.89. The van der Waals surface area contributed by atoms with Crippen molar-refractivity contribution in [1.29, 1.82) is 0 Å². The lowest BCUT2D eigenvalue weighted by atomic mass is 9.95. The van der Waals surface area contributed by atoms with Gasteiger partial charge in [-0.15, -0.1) is 11.3 Å². The van der Waals surface area contributed by atoms with Gasteiger partial charge in [0, 0.05) is 17.8 Å². The number of halogens is 2. The maximum absolute atomic E-state index is 14.2. The van der Waals surface area contributed by atoms with E-state index in [1.54, 1.807) is 18.2 Å². The fraction of sp³-hybridized carbons (Fsp3) is 0.462. The number of rotatable bonds is 11. The summed E-state index contributed by atoms with van der Waals surface area (Å²) in [5.41, 5.74) is 1.18. The molecule has 1 amide bonds. The molecule has 1 fully saturated rings. The summed E-state index contributed by atoms with van der Waals surface area (Å²) in [6, 6.07) is 12.7. The highest BCUT2D eigenvalue weighted by molar-refractivity contribution is 7.13. The number of esters is 1. The maximum Gasteiger partial charge on any atom is 0.348 e. The molecule has 2 aromatic rings. The molecule has 0 saturated carbocycles. The minimum atomic E-state index is -3.40. The summed E-state index contributed by atoms with van der Waals surface area (Å²) in [7, 11) is 1.32. The van der Waals surface area contributed by atoms with Gasteiger partial charge in [-0.3, -0.25) is 4.79 Å². The van der Waals surface area contributed by atoms with E-state index in [2.05, 4.69) is 0 Å². The highest BCUT2D eigenvalue weighted by Gasteiger charge is 2.52. The molecule has 1 N–H and O–H groups in total. The van der Waals surface area contributed by atoms with E-state index in [-0.39, 0.29) is 12.5 Å². The number of amides is 1. The first-order valence-corrected chi connectivity index (χ1v) is 12.3. The number of carbonyl (C=O) groups is 2. The van der Waals surface area contributed by atoms with Crippen molar-refractivity contribution in [2.45, 2.75) is 57.1 Å². The highest BCUT2D eigenvalue weighted by Crippen LogP contribution is 2.34. The minimum Gasteiger partial charge on any atom is -0.465 e. The summed E-state index contributed by atoms with van der Waals surface area (Å²) >= 11 is 1.30. The van der Waals surface area contributed by atoms with Gasteiger partial charge in [0.15, 0.2) is 0 Å². The Balaban J connectivity index is 1.54. The number of benzene rings is 1. The maximum atomic E-state index is 14.2. The Morgan fingerprint density at radius 3 is 2.71 bits per heavy atom. The second kappa shape index (κ2) is 11.7. The number of hydrogen-bond acceptors (Lipinski definition) is 5. The van der Waals surface area contributed by atoms with Gasteiger partial charge in [0.1, 0.15) is 4.88 Å². The number of thiophene rings is 1. The zero-order valence-corrected chi connectivity index (χ0v) is 20.3. The van der Waals surface area contributed by atoms with E-state index >= 15 is 0 Å². The van der Waals surface area contributed by atoms with E-state index in [0.717, 1.165) is 17.7 Å². The number of alkyl halides is 2. The molecular formula is C26H31F2NO4S. The first-order valence-electron chi connectivity index (χ1n) is 11.5. The van der Waals surface area contributed by atoms with Crippen LogP contribution in [0.4, 0.5) is 8.78 Å². The molecule has 8 heteroatoms. The molecular weight excluding hydrogens is 460 g/mol. The number of carbonyl (C=O) groups excluding carboxylic acids is 2. The monoisotopic (exact) mass is 491 g/mol. The molecule has 1 aromatic carbocycles. The quantitative estimate of drug-likeness (QED) is 0.359. The summed E-state index contributed by atoms with van der Waals surface area (Å²) in [6.45, 7) is 2.10. The van der Waals surface area contributed by atoms with Crippen molar-refractivity contribution in [3.63, 3.8) is 0 Å². The molecule has 1 aliphatic heterocycles. The molecule has 1 aliphatic rings. The van der Waals surface area contributed by atoms with Gasteiger partial charge >= 0.3 is 11.9 Å². The Labute approximate surface area is 203 Å². The zero-order chi connectivity index (χ0) is 24.7. The highest BCUT2D eigenvalue weighted by atomic mass is 32.1. The molecule has 0 aliphatic carbocycles. The molecule has 2 heterocycles. The molecule has 184 valence electrons. The number of likely N-dealkylation sites (tertiary alicyclic amines) is 1. The van der Waals surface area contributed by atoms with E-state index in [1.807, 2.05) is 43.3 Å². The Hall–Kier alpha value is -2.58. The van der Waals surface area contributed by atoms with Crippen LogP contribution in [0.25, 0.3) is 0 Å². The number of hydrogen-bond donors (Lipinski definition) is 1. The summed E-state index contributed by atoms with van der Waals surface area (Å²) in [5, 5.41) is 10.5. The summed E-state index contributed by atoms with van der Waals surface area (Å²) in [4.78, 5) is 26.5. The van der Waals surface area contributed by atoms with Crippen LogP contribution >= 0.6 is 11.3 Å². The van der Waals surface area contributed by atoms with E-state index in [1.165, 1.54) is 28.9 Å². The third-order valence-corrected chi connectivity index (χ3v) is 7.28. The molecule has 0 spiro atoms. The number of aliphatic hydroxyl groups is 1. The number of ether oxygens (including phenoxy) is 1. The summed E-state index contributed by atoms with van der Waals surface area (Å²) < 4.78 is 33.0. The number of aryl methyl sites for hydroxylation is 2.